The number of nitrogens with zero attached hydrogens (tertiary/aromatic N) is 2. The molecule has 0 radical (unpaired) electrons. The molecule has 1 aliphatic carbocycles. The summed E-state index contributed by atoms with van der Waals surface area (Å²) in [5.41, 5.74) is 0.925. The summed E-state index contributed by atoms with van der Waals surface area (Å²) in [5, 5.41) is 3.13. The lowest BCUT2D eigenvalue weighted by Gasteiger charge is -2.29. The lowest BCUT2D eigenvalue weighted by Crippen LogP contribution is -2.40. The van der Waals surface area contributed by atoms with E-state index in [-0.39, 0.29) is 23.8 Å². The molecule has 2 heterocycles. The summed E-state index contributed by atoms with van der Waals surface area (Å²) < 4.78 is 0. The monoisotopic (exact) mass is 329 g/mol. The molecule has 1 saturated heterocycles. The standard InChI is InChI=1S/C19H27N3O2/c1-14(16-6-5-9-20-13-16)18(23)21-17-8-7-15(12-17)19(24)22-10-3-2-4-11-22/h5-6,9,13-15,17H,2-4,7-8,10-12H2,1H3,(H,21,23)/t14?,15-,17+/m1/s1. The van der Waals surface area contributed by atoms with Crippen LogP contribution in [0.5, 0.6) is 0 Å². The van der Waals surface area contributed by atoms with E-state index in [2.05, 4.69) is 10.3 Å². The average molecular weight is 329 g/mol. The molecule has 1 saturated carbocycles. The van der Waals surface area contributed by atoms with Crippen LogP contribution in [-0.2, 0) is 9.59 Å². The molecule has 1 unspecified atom stereocenters. The maximum Gasteiger partial charge on any atom is 0.227 e. The van der Waals surface area contributed by atoms with Crippen LogP contribution in [0.15, 0.2) is 24.5 Å². The van der Waals surface area contributed by atoms with Crippen molar-refractivity contribution in [2.45, 2.75) is 57.4 Å². The Hall–Kier alpha value is -1.91. The third-order valence-electron chi connectivity index (χ3n) is 5.37. The molecule has 2 amide bonds. The number of carbonyl (C=O) groups excluding carboxylic acids is 2. The van der Waals surface area contributed by atoms with Gasteiger partial charge < -0.3 is 10.2 Å². The summed E-state index contributed by atoms with van der Waals surface area (Å²) in [5.74, 6) is 0.198. The molecule has 130 valence electrons. The first kappa shape index (κ1) is 16.9. The molecule has 1 aromatic heterocycles. The molecule has 2 aliphatic rings. The van der Waals surface area contributed by atoms with Crippen LogP contribution in [0.3, 0.4) is 0 Å². The minimum absolute atomic E-state index is 0.0269. The molecule has 5 heteroatoms. The van der Waals surface area contributed by atoms with Crippen molar-refractivity contribution in [1.82, 2.24) is 15.2 Å². The summed E-state index contributed by atoms with van der Waals surface area (Å²) in [6, 6.07) is 3.90. The minimum Gasteiger partial charge on any atom is -0.353 e. The molecule has 3 rings (SSSR count). The first-order valence-corrected chi connectivity index (χ1v) is 9.14. The number of nitrogens with one attached hydrogen (secondary N) is 1. The van der Waals surface area contributed by atoms with Gasteiger partial charge in [0.1, 0.15) is 0 Å². The van der Waals surface area contributed by atoms with Crippen LogP contribution in [0.2, 0.25) is 0 Å². The second-order valence-electron chi connectivity index (χ2n) is 7.11. The molecule has 24 heavy (non-hydrogen) atoms. The molecule has 5 nitrogen and oxygen atoms in total. The molecule has 2 fully saturated rings. The SMILES string of the molecule is CC(C(=O)N[C@H]1CC[C@@H](C(=O)N2CCCCC2)C1)c1cccnc1. The van der Waals surface area contributed by atoms with Crippen molar-refractivity contribution in [3.05, 3.63) is 30.1 Å². The highest BCUT2D eigenvalue weighted by atomic mass is 16.2. The van der Waals surface area contributed by atoms with Gasteiger partial charge in [-0.1, -0.05) is 6.07 Å². The summed E-state index contributed by atoms with van der Waals surface area (Å²) in [7, 11) is 0. The number of amides is 2. The highest BCUT2D eigenvalue weighted by Crippen LogP contribution is 2.29. The van der Waals surface area contributed by atoms with Crippen LogP contribution in [0.25, 0.3) is 0 Å². The Morgan fingerprint density at radius 1 is 1.25 bits per heavy atom. The normalized spacial score (nSPS) is 25.3. The Labute approximate surface area is 143 Å². The van der Waals surface area contributed by atoms with Crippen molar-refractivity contribution >= 4 is 11.8 Å². The topological polar surface area (TPSA) is 62.3 Å². The van der Waals surface area contributed by atoms with Crippen molar-refractivity contribution in [3.63, 3.8) is 0 Å². The summed E-state index contributed by atoms with van der Waals surface area (Å²) in [4.78, 5) is 31.1. The highest BCUT2D eigenvalue weighted by molar-refractivity contribution is 5.84. The first-order chi connectivity index (χ1) is 11.6. The predicted octanol–water partition coefficient (Wildman–Crippen LogP) is 2.48. The van der Waals surface area contributed by atoms with Gasteiger partial charge in [0.25, 0.3) is 0 Å². The van der Waals surface area contributed by atoms with Crippen LogP contribution in [0.4, 0.5) is 0 Å². The van der Waals surface area contributed by atoms with Crippen LogP contribution < -0.4 is 5.32 Å². The van der Waals surface area contributed by atoms with Crippen molar-refractivity contribution < 1.29 is 9.59 Å². The largest absolute Gasteiger partial charge is 0.353 e. The van der Waals surface area contributed by atoms with E-state index in [1.165, 1.54) is 6.42 Å². The second kappa shape index (κ2) is 7.77. The van der Waals surface area contributed by atoms with E-state index in [0.717, 1.165) is 50.8 Å². The third kappa shape index (κ3) is 3.94. The number of rotatable bonds is 4. The predicted molar refractivity (Wildman–Crippen MR) is 92.4 cm³/mol. The van der Waals surface area contributed by atoms with E-state index in [0.29, 0.717) is 5.91 Å². The zero-order valence-corrected chi connectivity index (χ0v) is 14.4. The Kier molecular flexibility index (Phi) is 5.48. The first-order valence-electron chi connectivity index (χ1n) is 9.14. The number of aromatic nitrogens is 1. The zero-order chi connectivity index (χ0) is 16.9. The van der Waals surface area contributed by atoms with Gasteiger partial charge in [-0.3, -0.25) is 14.6 Å². The maximum atomic E-state index is 12.6. The van der Waals surface area contributed by atoms with E-state index in [9.17, 15) is 9.59 Å². The van der Waals surface area contributed by atoms with Gasteiger partial charge in [0.15, 0.2) is 0 Å². The van der Waals surface area contributed by atoms with Gasteiger partial charge in [-0.2, -0.15) is 0 Å². The van der Waals surface area contributed by atoms with Crippen LogP contribution in [-0.4, -0.2) is 40.8 Å². The Bertz CT molecular complexity index is 569. The number of hydrogen-bond donors (Lipinski definition) is 1. The van der Waals surface area contributed by atoms with Crippen molar-refractivity contribution in [3.8, 4) is 0 Å². The van der Waals surface area contributed by atoms with Gasteiger partial charge in [0, 0.05) is 37.4 Å². The van der Waals surface area contributed by atoms with Gasteiger partial charge in [0.05, 0.1) is 5.92 Å². The Balaban J connectivity index is 1.50. The fourth-order valence-corrected chi connectivity index (χ4v) is 3.82. The smallest absolute Gasteiger partial charge is 0.227 e. The van der Waals surface area contributed by atoms with Gasteiger partial charge >= 0.3 is 0 Å². The Morgan fingerprint density at radius 2 is 2.04 bits per heavy atom. The Morgan fingerprint density at radius 3 is 2.75 bits per heavy atom. The molecule has 1 N–H and O–H groups in total. The highest BCUT2D eigenvalue weighted by Gasteiger charge is 2.34. The number of hydrogen-bond acceptors (Lipinski definition) is 3. The quantitative estimate of drug-likeness (QED) is 0.923. The van der Waals surface area contributed by atoms with Crippen molar-refractivity contribution in [2.75, 3.05) is 13.1 Å². The summed E-state index contributed by atoms with van der Waals surface area (Å²) >= 11 is 0. The average Bonchev–Trinajstić information content (AvgIpc) is 3.10. The van der Waals surface area contributed by atoms with Crippen LogP contribution >= 0.6 is 0 Å². The molecule has 0 aromatic carbocycles. The van der Waals surface area contributed by atoms with Crippen molar-refractivity contribution in [1.29, 1.82) is 0 Å². The zero-order valence-electron chi connectivity index (χ0n) is 14.4. The molecule has 1 aliphatic heterocycles. The number of pyridine rings is 1. The summed E-state index contributed by atoms with van der Waals surface area (Å²) in [6.07, 6.45) is 9.50. The van der Waals surface area contributed by atoms with E-state index in [4.69, 9.17) is 0 Å². The minimum atomic E-state index is -0.212. The molecular formula is C19H27N3O2. The second-order valence-corrected chi connectivity index (χ2v) is 7.11. The number of carbonyl (C=O) groups is 2. The maximum absolute atomic E-state index is 12.6. The van der Waals surface area contributed by atoms with Gasteiger partial charge in [-0.25, -0.2) is 0 Å². The molecular weight excluding hydrogens is 302 g/mol. The van der Waals surface area contributed by atoms with E-state index in [1.807, 2.05) is 24.0 Å². The molecule has 0 spiro atoms. The van der Waals surface area contributed by atoms with Gasteiger partial charge in [-0.05, 0) is 57.1 Å². The molecule has 0 bridgehead atoms. The fourth-order valence-electron chi connectivity index (χ4n) is 3.82. The molecule has 1 aromatic rings. The number of likely N-dealkylation sites (tertiary alicyclic amines) is 1. The van der Waals surface area contributed by atoms with Gasteiger partial charge in [-0.15, -0.1) is 0 Å². The van der Waals surface area contributed by atoms with E-state index >= 15 is 0 Å². The lowest BCUT2D eigenvalue weighted by atomic mass is 10.0. The third-order valence-corrected chi connectivity index (χ3v) is 5.37. The lowest BCUT2D eigenvalue weighted by molar-refractivity contribution is -0.136. The van der Waals surface area contributed by atoms with Crippen molar-refractivity contribution in [2.24, 2.45) is 5.92 Å². The number of piperidine rings is 1. The van der Waals surface area contributed by atoms with Crippen LogP contribution in [0.1, 0.15) is 56.9 Å². The van der Waals surface area contributed by atoms with Gasteiger partial charge in [0.2, 0.25) is 11.8 Å². The fraction of sp³-hybridized carbons (Fsp3) is 0.632. The molecule has 3 atom stereocenters. The van der Waals surface area contributed by atoms with E-state index < -0.39 is 0 Å². The van der Waals surface area contributed by atoms with E-state index in [1.54, 1.807) is 12.4 Å². The van der Waals surface area contributed by atoms with Crippen LogP contribution in [0, 0.1) is 5.92 Å². The summed E-state index contributed by atoms with van der Waals surface area (Å²) in [6.45, 7) is 3.71.